The van der Waals surface area contributed by atoms with Gasteiger partial charge in [-0.3, -0.25) is 0 Å². The molecule has 3 nitrogen and oxygen atoms in total. The Kier molecular flexibility index (Phi) is 6.41. The molecule has 0 amide bonds. The van der Waals surface area contributed by atoms with Gasteiger partial charge >= 0.3 is 0 Å². The van der Waals surface area contributed by atoms with Gasteiger partial charge < -0.3 is 9.88 Å². The van der Waals surface area contributed by atoms with Gasteiger partial charge in [-0.25, -0.2) is 4.98 Å². The van der Waals surface area contributed by atoms with E-state index in [2.05, 4.69) is 55.7 Å². The molecule has 0 fully saturated rings. The summed E-state index contributed by atoms with van der Waals surface area (Å²) < 4.78 is 2.25. The van der Waals surface area contributed by atoms with Crippen LogP contribution in [0.15, 0.2) is 12.5 Å². The average molecular weight is 251 g/mol. The van der Waals surface area contributed by atoms with Crippen molar-refractivity contribution in [2.45, 2.75) is 72.5 Å². The van der Waals surface area contributed by atoms with Gasteiger partial charge in [0.05, 0.1) is 12.0 Å². The number of hydrogen-bond acceptors (Lipinski definition) is 2. The Balaban J connectivity index is 2.36. The van der Waals surface area contributed by atoms with Crippen LogP contribution in [0, 0.1) is 5.92 Å². The fourth-order valence-corrected chi connectivity index (χ4v) is 1.99. The van der Waals surface area contributed by atoms with Crippen molar-refractivity contribution in [1.29, 1.82) is 0 Å². The number of imidazole rings is 1. The Morgan fingerprint density at radius 1 is 1.17 bits per heavy atom. The molecule has 0 bridgehead atoms. The highest BCUT2D eigenvalue weighted by Gasteiger charge is 2.07. The summed E-state index contributed by atoms with van der Waals surface area (Å²) in [4.78, 5) is 4.45. The Morgan fingerprint density at radius 3 is 2.50 bits per heavy atom. The van der Waals surface area contributed by atoms with E-state index in [-0.39, 0.29) is 0 Å². The highest BCUT2D eigenvalue weighted by molar-refractivity contribution is 4.97. The minimum Gasteiger partial charge on any atom is -0.334 e. The molecule has 0 aliphatic heterocycles. The molecular formula is C15H29N3. The largest absolute Gasteiger partial charge is 0.334 e. The van der Waals surface area contributed by atoms with Crippen molar-refractivity contribution in [3.8, 4) is 0 Å². The summed E-state index contributed by atoms with van der Waals surface area (Å²) in [6, 6.07) is 1.07. The summed E-state index contributed by atoms with van der Waals surface area (Å²) in [6.45, 7) is 12.0. The third kappa shape index (κ3) is 5.67. The lowest BCUT2D eigenvalue weighted by atomic mass is 10.0. The zero-order valence-electron chi connectivity index (χ0n) is 12.6. The molecule has 1 aromatic heterocycles. The molecule has 0 aliphatic rings. The molecule has 1 N–H and O–H groups in total. The molecule has 1 aromatic rings. The van der Waals surface area contributed by atoms with E-state index in [9.17, 15) is 0 Å². The van der Waals surface area contributed by atoms with Gasteiger partial charge in [-0.1, -0.05) is 40.5 Å². The Morgan fingerprint density at radius 2 is 1.89 bits per heavy atom. The van der Waals surface area contributed by atoms with Crippen LogP contribution in [-0.2, 0) is 6.54 Å². The number of hydrogen-bond donors (Lipinski definition) is 1. The molecule has 1 rings (SSSR count). The predicted molar refractivity (Wildman–Crippen MR) is 77.6 cm³/mol. The fourth-order valence-electron chi connectivity index (χ4n) is 1.99. The zero-order valence-corrected chi connectivity index (χ0v) is 12.6. The fraction of sp³-hybridized carbons (Fsp3) is 0.800. The first-order chi connectivity index (χ1) is 8.49. The molecule has 18 heavy (non-hydrogen) atoms. The molecule has 0 saturated carbocycles. The number of nitrogens with zero attached hydrogens (tertiary/aromatic N) is 2. The van der Waals surface area contributed by atoms with Gasteiger partial charge in [0.1, 0.15) is 0 Å². The minimum atomic E-state index is 0.513. The summed E-state index contributed by atoms with van der Waals surface area (Å²) >= 11 is 0. The summed E-state index contributed by atoms with van der Waals surface area (Å²) in [6.07, 6.45) is 8.01. The molecule has 3 heteroatoms. The van der Waals surface area contributed by atoms with Crippen LogP contribution in [0.4, 0.5) is 0 Å². The zero-order chi connectivity index (χ0) is 13.5. The molecule has 1 heterocycles. The van der Waals surface area contributed by atoms with Crippen molar-refractivity contribution in [1.82, 2.24) is 14.9 Å². The summed E-state index contributed by atoms with van der Waals surface area (Å²) in [7, 11) is 0. The maximum atomic E-state index is 4.45. The lowest BCUT2D eigenvalue weighted by molar-refractivity contribution is 0.446. The quantitative estimate of drug-likeness (QED) is 0.762. The molecule has 0 saturated heterocycles. The van der Waals surface area contributed by atoms with Gasteiger partial charge in [-0.2, -0.15) is 0 Å². The molecule has 1 atom stereocenters. The van der Waals surface area contributed by atoms with Gasteiger partial charge in [-0.15, -0.1) is 0 Å². The Bertz CT molecular complexity index is 328. The van der Waals surface area contributed by atoms with Gasteiger partial charge in [0.15, 0.2) is 0 Å². The molecule has 0 aromatic carbocycles. The smallest absolute Gasteiger partial charge is 0.0952 e. The van der Waals surface area contributed by atoms with E-state index in [1.165, 1.54) is 19.3 Å². The van der Waals surface area contributed by atoms with E-state index in [0.717, 1.165) is 18.2 Å². The predicted octanol–water partition coefficient (Wildman–Crippen LogP) is 3.77. The summed E-state index contributed by atoms with van der Waals surface area (Å²) in [5.74, 6) is 0.811. The van der Waals surface area contributed by atoms with E-state index in [1.54, 1.807) is 0 Å². The van der Waals surface area contributed by atoms with E-state index in [4.69, 9.17) is 0 Å². The number of aromatic nitrogens is 2. The van der Waals surface area contributed by atoms with Gasteiger partial charge in [0.2, 0.25) is 0 Å². The maximum absolute atomic E-state index is 4.45. The first-order valence-corrected chi connectivity index (χ1v) is 7.24. The first-order valence-electron chi connectivity index (χ1n) is 7.24. The highest BCUT2D eigenvalue weighted by Crippen LogP contribution is 2.17. The average Bonchev–Trinajstić information content (AvgIpc) is 2.74. The lowest BCUT2D eigenvalue weighted by Gasteiger charge is -2.13. The number of rotatable bonds is 8. The van der Waals surface area contributed by atoms with E-state index in [0.29, 0.717) is 12.1 Å². The molecule has 0 radical (unpaired) electrons. The molecule has 0 spiro atoms. The second-order valence-corrected chi connectivity index (χ2v) is 6.02. The van der Waals surface area contributed by atoms with Crippen LogP contribution in [0.3, 0.4) is 0 Å². The van der Waals surface area contributed by atoms with E-state index in [1.807, 2.05) is 6.33 Å². The monoisotopic (exact) mass is 251 g/mol. The van der Waals surface area contributed by atoms with Crippen LogP contribution >= 0.6 is 0 Å². The molecule has 104 valence electrons. The lowest BCUT2D eigenvalue weighted by Crippen LogP contribution is -2.21. The van der Waals surface area contributed by atoms with E-state index < -0.39 is 0 Å². The van der Waals surface area contributed by atoms with Gasteiger partial charge in [0.25, 0.3) is 0 Å². The SMILES string of the molecule is CC(C)CCCC(C)n1cnc(CNC(C)C)c1. The van der Waals surface area contributed by atoms with Crippen LogP contribution in [0.5, 0.6) is 0 Å². The van der Waals surface area contributed by atoms with Crippen molar-refractivity contribution in [2.75, 3.05) is 0 Å². The molecule has 0 aliphatic carbocycles. The minimum absolute atomic E-state index is 0.513. The second kappa shape index (κ2) is 7.57. The standard InChI is InChI=1S/C15H29N3/c1-12(2)7-6-8-14(5)18-10-15(17-11-18)9-16-13(3)4/h10-14,16H,6-9H2,1-5H3. The van der Waals surface area contributed by atoms with Crippen LogP contribution in [0.25, 0.3) is 0 Å². The topological polar surface area (TPSA) is 29.9 Å². The van der Waals surface area contributed by atoms with Crippen molar-refractivity contribution in [3.05, 3.63) is 18.2 Å². The van der Waals surface area contributed by atoms with Crippen molar-refractivity contribution in [2.24, 2.45) is 5.92 Å². The summed E-state index contributed by atoms with van der Waals surface area (Å²) in [5.41, 5.74) is 1.14. The normalized spacial score (nSPS) is 13.5. The van der Waals surface area contributed by atoms with E-state index >= 15 is 0 Å². The maximum Gasteiger partial charge on any atom is 0.0952 e. The van der Waals surface area contributed by atoms with Crippen molar-refractivity contribution in [3.63, 3.8) is 0 Å². The highest BCUT2D eigenvalue weighted by atomic mass is 15.1. The third-order valence-electron chi connectivity index (χ3n) is 3.26. The Hall–Kier alpha value is -0.830. The van der Waals surface area contributed by atoms with Crippen LogP contribution in [-0.4, -0.2) is 15.6 Å². The first kappa shape index (κ1) is 15.2. The Labute approximate surface area is 112 Å². The number of nitrogens with one attached hydrogen (secondary N) is 1. The van der Waals surface area contributed by atoms with Crippen molar-refractivity contribution >= 4 is 0 Å². The third-order valence-corrected chi connectivity index (χ3v) is 3.26. The van der Waals surface area contributed by atoms with Crippen LogP contribution < -0.4 is 5.32 Å². The van der Waals surface area contributed by atoms with Gasteiger partial charge in [-0.05, 0) is 19.3 Å². The van der Waals surface area contributed by atoms with Gasteiger partial charge in [0, 0.05) is 24.8 Å². The van der Waals surface area contributed by atoms with Crippen molar-refractivity contribution < 1.29 is 0 Å². The van der Waals surface area contributed by atoms with Crippen LogP contribution in [0.2, 0.25) is 0 Å². The second-order valence-electron chi connectivity index (χ2n) is 6.02. The summed E-state index contributed by atoms with van der Waals surface area (Å²) in [5, 5.41) is 3.40. The molecular weight excluding hydrogens is 222 g/mol. The van der Waals surface area contributed by atoms with Crippen LogP contribution in [0.1, 0.15) is 65.6 Å². The molecule has 1 unspecified atom stereocenters.